The molecule has 204 valence electrons. The number of amides is 1. The first-order chi connectivity index (χ1) is 18.5. The number of nitrogens with zero attached hydrogens (tertiary/aromatic N) is 4. The predicted molar refractivity (Wildman–Crippen MR) is 153 cm³/mol. The molecule has 38 heavy (non-hydrogen) atoms. The number of carbonyl (C=O) groups is 1. The van der Waals surface area contributed by atoms with Crippen LogP contribution in [0.2, 0.25) is 0 Å². The van der Waals surface area contributed by atoms with Gasteiger partial charge in [0.1, 0.15) is 5.65 Å². The van der Waals surface area contributed by atoms with Crippen molar-refractivity contribution < 1.29 is 9.90 Å². The van der Waals surface area contributed by atoms with E-state index in [1.807, 2.05) is 42.4 Å². The van der Waals surface area contributed by atoms with E-state index >= 15 is 0 Å². The standard InChI is InChI=1S/C30H42N6O2/c1-4-5-20(2)33-30-32-18-26-27(19-36(28(26)34-30)24-10-12-25(37)13-11-24)21-14-16-35(17-15-21)29(38)22-6-8-23(31-3)9-7-22/h6-9,18-21,24-25,31,37H,4-5,10-17H2,1-3H3,(H,32,33,34)/t20-,24?,25?/m0/s1. The molecule has 2 aromatic heterocycles. The van der Waals surface area contributed by atoms with E-state index < -0.39 is 0 Å². The second-order valence-electron chi connectivity index (χ2n) is 11.1. The molecule has 0 unspecified atom stereocenters. The zero-order valence-electron chi connectivity index (χ0n) is 23.0. The number of likely N-dealkylation sites (tertiary alicyclic amines) is 1. The highest BCUT2D eigenvalue weighted by atomic mass is 16.3. The third-order valence-electron chi connectivity index (χ3n) is 8.40. The summed E-state index contributed by atoms with van der Waals surface area (Å²) < 4.78 is 2.36. The largest absolute Gasteiger partial charge is 0.393 e. The number of piperidine rings is 1. The van der Waals surface area contributed by atoms with Crippen molar-refractivity contribution in [2.45, 2.75) is 89.3 Å². The highest BCUT2D eigenvalue weighted by Crippen LogP contribution is 2.38. The summed E-state index contributed by atoms with van der Waals surface area (Å²) in [5, 5.41) is 17.8. The van der Waals surface area contributed by atoms with Gasteiger partial charge >= 0.3 is 0 Å². The van der Waals surface area contributed by atoms with Gasteiger partial charge in [-0.15, -0.1) is 0 Å². The number of carbonyl (C=O) groups excluding carboxylic acids is 1. The summed E-state index contributed by atoms with van der Waals surface area (Å²) in [6.07, 6.45) is 11.7. The van der Waals surface area contributed by atoms with Gasteiger partial charge in [-0.3, -0.25) is 4.79 Å². The summed E-state index contributed by atoms with van der Waals surface area (Å²) >= 11 is 0. The van der Waals surface area contributed by atoms with Gasteiger partial charge in [0.25, 0.3) is 5.91 Å². The van der Waals surface area contributed by atoms with Gasteiger partial charge in [-0.1, -0.05) is 13.3 Å². The minimum Gasteiger partial charge on any atom is -0.393 e. The van der Waals surface area contributed by atoms with Crippen molar-refractivity contribution >= 4 is 28.6 Å². The molecule has 0 spiro atoms. The van der Waals surface area contributed by atoms with E-state index in [4.69, 9.17) is 9.97 Å². The summed E-state index contributed by atoms with van der Waals surface area (Å²) in [6, 6.07) is 8.36. The van der Waals surface area contributed by atoms with E-state index in [9.17, 15) is 9.90 Å². The lowest BCUT2D eigenvalue weighted by atomic mass is 9.89. The molecule has 2 fully saturated rings. The molecule has 1 aliphatic heterocycles. The van der Waals surface area contributed by atoms with Crippen LogP contribution in [0, 0.1) is 0 Å². The number of hydrogen-bond acceptors (Lipinski definition) is 6. The van der Waals surface area contributed by atoms with Crippen LogP contribution in [-0.2, 0) is 0 Å². The first kappa shape index (κ1) is 26.5. The van der Waals surface area contributed by atoms with Crippen molar-refractivity contribution in [3.63, 3.8) is 0 Å². The lowest BCUT2D eigenvalue weighted by Gasteiger charge is -2.32. The molecule has 8 nitrogen and oxygen atoms in total. The third-order valence-corrected chi connectivity index (χ3v) is 8.40. The van der Waals surface area contributed by atoms with E-state index in [-0.39, 0.29) is 12.0 Å². The highest BCUT2D eigenvalue weighted by molar-refractivity contribution is 5.94. The SMILES string of the molecule is CCC[C@H](C)Nc1ncc2c(C3CCN(C(=O)c4ccc(NC)cc4)CC3)cn(C3CCC(O)CC3)c2n1. The summed E-state index contributed by atoms with van der Waals surface area (Å²) in [7, 11) is 1.88. The minimum atomic E-state index is -0.189. The highest BCUT2D eigenvalue weighted by Gasteiger charge is 2.29. The number of aliphatic hydroxyl groups is 1. The Morgan fingerprint density at radius 3 is 2.47 bits per heavy atom. The first-order valence-corrected chi connectivity index (χ1v) is 14.4. The molecule has 3 heterocycles. The van der Waals surface area contributed by atoms with Gasteiger partial charge in [-0.2, -0.15) is 4.98 Å². The lowest BCUT2D eigenvalue weighted by molar-refractivity contribution is 0.0713. The quantitative estimate of drug-likeness (QED) is 0.361. The average Bonchev–Trinajstić information content (AvgIpc) is 3.32. The van der Waals surface area contributed by atoms with Gasteiger partial charge in [0.2, 0.25) is 5.95 Å². The van der Waals surface area contributed by atoms with Crippen LogP contribution in [0.5, 0.6) is 0 Å². The summed E-state index contributed by atoms with van der Waals surface area (Å²) in [5.41, 5.74) is 4.03. The lowest BCUT2D eigenvalue weighted by Crippen LogP contribution is -2.37. The molecule has 5 rings (SSSR count). The molecule has 1 aromatic carbocycles. The van der Waals surface area contributed by atoms with E-state index in [1.165, 1.54) is 5.56 Å². The van der Waals surface area contributed by atoms with Crippen molar-refractivity contribution in [3.8, 4) is 0 Å². The molecule has 0 radical (unpaired) electrons. The molecular weight excluding hydrogens is 476 g/mol. The maximum atomic E-state index is 13.1. The fraction of sp³-hybridized carbons (Fsp3) is 0.567. The zero-order valence-corrected chi connectivity index (χ0v) is 23.0. The van der Waals surface area contributed by atoms with Gasteiger partial charge in [-0.25, -0.2) is 4.98 Å². The molecule has 2 aliphatic rings. The van der Waals surface area contributed by atoms with E-state index in [2.05, 4.69) is 35.2 Å². The molecule has 3 N–H and O–H groups in total. The third kappa shape index (κ3) is 5.65. The molecule has 1 atom stereocenters. The van der Waals surface area contributed by atoms with Crippen molar-refractivity contribution in [1.82, 2.24) is 19.4 Å². The van der Waals surface area contributed by atoms with Gasteiger partial charge in [0.05, 0.1) is 6.10 Å². The average molecular weight is 519 g/mol. The van der Waals surface area contributed by atoms with Crippen LogP contribution >= 0.6 is 0 Å². The number of benzene rings is 1. The molecule has 1 saturated carbocycles. The smallest absolute Gasteiger partial charge is 0.253 e. The van der Waals surface area contributed by atoms with E-state index in [0.29, 0.717) is 23.9 Å². The second kappa shape index (κ2) is 11.7. The van der Waals surface area contributed by atoms with Crippen molar-refractivity contribution in [2.75, 3.05) is 30.8 Å². The number of hydrogen-bond donors (Lipinski definition) is 3. The van der Waals surface area contributed by atoms with Gasteiger partial charge in [-0.05, 0) is 87.6 Å². The minimum absolute atomic E-state index is 0.106. The van der Waals surface area contributed by atoms with E-state index in [1.54, 1.807) is 0 Å². The maximum Gasteiger partial charge on any atom is 0.253 e. The monoisotopic (exact) mass is 518 g/mol. The number of fused-ring (bicyclic) bond motifs is 1. The van der Waals surface area contributed by atoms with Crippen LogP contribution in [0.3, 0.4) is 0 Å². The van der Waals surface area contributed by atoms with Crippen LogP contribution in [0.25, 0.3) is 11.0 Å². The second-order valence-corrected chi connectivity index (χ2v) is 11.1. The Morgan fingerprint density at radius 1 is 1.11 bits per heavy atom. The van der Waals surface area contributed by atoms with Crippen LogP contribution in [0.4, 0.5) is 11.6 Å². The number of aromatic nitrogens is 3. The molecule has 3 aromatic rings. The first-order valence-electron chi connectivity index (χ1n) is 14.4. The van der Waals surface area contributed by atoms with Crippen LogP contribution < -0.4 is 10.6 Å². The summed E-state index contributed by atoms with van der Waals surface area (Å²) in [6.45, 7) is 5.85. The van der Waals surface area contributed by atoms with Crippen molar-refractivity contribution in [3.05, 3.63) is 47.8 Å². The molecule has 8 heteroatoms. The fourth-order valence-corrected chi connectivity index (χ4v) is 6.14. The Bertz CT molecular complexity index is 1220. The maximum absolute atomic E-state index is 13.1. The van der Waals surface area contributed by atoms with Gasteiger partial charge < -0.3 is 25.2 Å². The van der Waals surface area contributed by atoms with Crippen molar-refractivity contribution in [2.24, 2.45) is 0 Å². The molecule has 1 saturated heterocycles. The van der Waals surface area contributed by atoms with Gasteiger partial charge in [0.15, 0.2) is 0 Å². The van der Waals surface area contributed by atoms with Crippen LogP contribution in [0.15, 0.2) is 36.7 Å². The number of rotatable bonds is 8. The Morgan fingerprint density at radius 2 is 1.82 bits per heavy atom. The van der Waals surface area contributed by atoms with E-state index in [0.717, 1.165) is 86.7 Å². The normalized spacial score (nSPS) is 21.4. The Labute approximate surface area is 225 Å². The zero-order chi connectivity index (χ0) is 26.6. The molecule has 1 amide bonds. The Balaban J connectivity index is 1.36. The topological polar surface area (TPSA) is 95.3 Å². The molecule has 0 bridgehead atoms. The predicted octanol–water partition coefficient (Wildman–Crippen LogP) is 5.57. The van der Waals surface area contributed by atoms with Crippen LogP contribution in [0.1, 0.15) is 93.1 Å². The molecule has 1 aliphatic carbocycles. The Kier molecular flexibility index (Phi) is 8.17. The summed E-state index contributed by atoms with van der Waals surface area (Å²) in [5.74, 6) is 1.16. The van der Waals surface area contributed by atoms with Gasteiger partial charge in [0, 0.05) is 61.3 Å². The summed E-state index contributed by atoms with van der Waals surface area (Å²) in [4.78, 5) is 24.8. The van der Waals surface area contributed by atoms with Crippen LogP contribution in [-0.4, -0.2) is 62.7 Å². The Hall–Kier alpha value is -3.13. The van der Waals surface area contributed by atoms with Crippen molar-refractivity contribution in [1.29, 1.82) is 0 Å². The number of aliphatic hydroxyl groups excluding tert-OH is 1. The number of anilines is 2. The number of nitrogens with one attached hydrogen (secondary N) is 2. The molecular formula is C30H42N6O2. The fourth-order valence-electron chi connectivity index (χ4n) is 6.14.